The number of nitrogens with one attached hydrogen (secondary N) is 1. The van der Waals surface area contributed by atoms with Gasteiger partial charge in [0.2, 0.25) is 0 Å². The summed E-state index contributed by atoms with van der Waals surface area (Å²) in [5.74, 6) is 6.41. The zero-order valence-corrected chi connectivity index (χ0v) is 8.18. The van der Waals surface area contributed by atoms with Crippen molar-refractivity contribution in [3.05, 3.63) is 17.2 Å². The second kappa shape index (κ2) is 4.20. The van der Waals surface area contributed by atoms with E-state index in [2.05, 4.69) is 5.43 Å². The fraction of sp³-hybridized carbons (Fsp3) is 0.250. The molecule has 0 fully saturated rings. The fourth-order valence-corrected chi connectivity index (χ4v) is 1.18. The van der Waals surface area contributed by atoms with Crippen LogP contribution in [0.1, 0.15) is 0 Å². The second-order valence-corrected chi connectivity index (χ2v) is 2.71. The van der Waals surface area contributed by atoms with Crippen LogP contribution in [-0.4, -0.2) is 14.2 Å². The Morgan fingerprint density at radius 2 is 2.00 bits per heavy atom. The molecule has 13 heavy (non-hydrogen) atoms. The van der Waals surface area contributed by atoms with Gasteiger partial charge in [-0.2, -0.15) is 0 Å². The number of halogens is 1. The lowest BCUT2D eigenvalue weighted by Crippen LogP contribution is -2.07. The predicted octanol–water partition coefficient (Wildman–Crippen LogP) is 1.64. The highest BCUT2D eigenvalue weighted by molar-refractivity contribution is 6.34. The average Bonchev–Trinajstić information content (AvgIpc) is 2.18. The van der Waals surface area contributed by atoms with Crippen molar-refractivity contribution in [1.29, 1.82) is 0 Å². The summed E-state index contributed by atoms with van der Waals surface area (Å²) in [7, 11) is 3.09. The van der Waals surface area contributed by atoms with Gasteiger partial charge in [-0.15, -0.1) is 0 Å². The summed E-state index contributed by atoms with van der Waals surface area (Å²) < 4.78 is 10.0. The van der Waals surface area contributed by atoms with Crippen LogP contribution in [0.25, 0.3) is 0 Å². The Hall–Kier alpha value is -1.13. The average molecular weight is 203 g/mol. The largest absolute Gasteiger partial charge is 0.497 e. The van der Waals surface area contributed by atoms with Gasteiger partial charge in [0, 0.05) is 12.1 Å². The standard InChI is InChI=1S/C8H11ClN2O2/c1-12-5-3-6(11-10)8(9)7(4-5)13-2/h3-4,11H,10H2,1-2H3. The van der Waals surface area contributed by atoms with E-state index in [1.165, 1.54) is 7.11 Å². The van der Waals surface area contributed by atoms with Crippen LogP contribution in [0, 0.1) is 0 Å². The Labute approximate surface area is 81.6 Å². The van der Waals surface area contributed by atoms with Crippen LogP contribution >= 0.6 is 11.6 Å². The molecule has 1 aromatic carbocycles. The lowest BCUT2D eigenvalue weighted by Gasteiger charge is -2.10. The van der Waals surface area contributed by atoms with E-state index < -0.39 is 0 Å². The molecular formula is C8H11ClN2O2. The minimum atomic E-state index is 0.436. The van der Waals surface area contributed by atoms with Crippen LogP contribution < -0.4 is 20.7 Å². The SMILES string of the molecule is COc1cc(NN)c(Cl)c(OC)c1. The molecule has 3 N–H and O–H groups in total. The van der Waals surface area contributed by atoms with Crippen molar-refractivity contribution >= 4 is 17.3 Å². The summed E-state index contributed by atoms with van der Waals surface area (Å²) in [5.41, 5.74) is 3.02. The molecule has 0 atom stereocenters. The summed E-state index contributed by atoms with van der Waals surface area (Å²) in [6, 6.07) is 3.37. The topological polar surface area (TPSA) is 56.5 Å². The van der Waals surface area contributed by atoms with Crippen molar-refractivity contribution in [3.8, 4) is 11.5 Å². The van der Waals surface area contributed by atoms with Gasteiger partial charge in [-0.25, -0.2) is 0 Å². The number of hydrazine groups is 1. The molecule has 0 heterocycles. The summed E-state index contributed by atoms with van der Waals surface area (Å²) in [6.07, 6.45) is 0. The Balaban J connectivity index is 3.20. The van der Waals surface area contributed by atoms with E-state index in [-0.39, 0.29) is 0 Å². The number of ether oxygens (including phenoxy) is 2. The fourth-order valence-electron chi connectivity index (χ4n) is 0.944. The Morgan fingerprint density at radius 1 is 1.31 bits per heavy atom. The van der Waals surface area contributed by atoms with Crippen LogP contribution in [0.2, 0.25) is 5.02 Å². The van der Waals surface area contributed by atoms with E-state index in [1.54, 1.807) is 19.2 Å². The Bertz CT molecular complexity index is 279. The van der Waals surface area contributed by atoms with Gasteiger partial charge < -0.3 is 14.9 Å². The maximum Gasteiger partial charge on any atom is 0.143 e. The monoisotopic (exact) mass is 202 g/mol. The molecule has 0 radical (unpaired) electrons. The van der Waals surface area contributed by atoms with Crippen LogP contribution in [-0.2, 0) is 0 Å². The number of nitrogens with two attached hydrogens (primary N) is 1. The van der Waals surface area contributed by atoms with Crippen molar-refractivity contribution in [3.63, 3.8) is 0 Å². The van der Waals surface area contributed by atoms with Gasteiger partial charge in [-0.3, -0.25) is 5.84 Å². The third-order valence-electron chi connectivity index (χ3n) is 1.62. The summed E-state index contributed by atoms with van der Waals surface area (Å²) >= 11 is 5.91. The van der Waals surface area contributed by atoms with Crippen molar-refractivity contribution in [2.24, 2.45) is 5.84 Å². The maximum absolute atomic E-state index is 5.91. The molecule has 1 aromatic rings. The van der Waals surface area contributed by atoms with Gasteiger partial charge in [-0.05, 0) is 0 Å². The highest BCUT2D eigenvalue weighted by atomic mass is 35.5. The predicted molar refractivity (Wildman–Crippen MR) is 52.4 cm³/mol. The Morgan fingerprint density at radius 3 is 2.46 bits per heavy atom. The highest BCUT2D eigenvalue weighted by Gasteiger charge is 2.08. The number of hydrogen-bond donors (Lipinski definition) is 2. The number of benzene rings is 1. The van der Waals surface area contributed by atoms with Crippen molar-refractivity contribution in [1.82, 2.24) is 0 Å². The van der Waals surface area contributed by atoms with Crippen LogP contribution in [0.5, 0.6) is 11.5 Å². The van der Waals surface area contributed by atoms with Gasteiger partial charge in [-0.1, -0.05) is 11.6 Å². The van der Waals surface area contributed by atoms with E-state index in [0.29, 0.717) is 22.2 Å². The van der Waals surface area contributed by atoms with Gasteiger partial charge in [0.05, 0.1) is 19.9 Å². The quantitative estimate of drug-likeness (QED) is 0.578. The second-order valence-electron chi connectivity index (χ2n) is 2.34. The number of hydrogen-bond acceptors (Lipinski definition) is 4. The summed E-state index contributed by atoms with van der Waals surface area (Å²) in [4.78, 5) is 0. The van der Waals surface area contributed by atoms with Crippen LogP contribution in [0.15, 0.2) is 12.1 Å². The number of rotatable bonds is 3. The molecule has 1 rings (SSSR count). The summed E-state index contributed by atoms with van der Waals surface area (Å²) in [6.45, 7) is 0. The Kier molecular flexibility index (Phi) is 3.22. The molecule has 0 amide bonds. The molecule has 4 nitrogen and oxygen atoms in total. The number of methoxy groups -OCH3 is 2. The molecule has 0 bridgehead atoms. The molecule has 0 aliphatic rings. The van der Waals surface area contributed by atoms with Gasteiger partial charge >= 0.3 is 0 Å². The van der Waals surface area contributed by atoms with E-state index in [1.807, 2.05) is 0 Å². The van der Waals surface area contributed by atoms with Crippen molar-refractivity contribution < 1.29 is 9.47 Å². The molecule has 0 spiro atoms. The molecule has 0 saturated carbocycles. The number of anilines is 1. The number of nitrogen functional groups attached to an aromatic ring is 1. The van der Waals surface area contributed by atoms with Gasteiger partial charge in [0.1, 0.15) is 16.5 Å². The summed E-state index contributed by atoms with van der Waals surface area (Å²) in [5, 5.41) is 0.436. The molecule has 0 aliphatic heterocycles. The lowest BCUT2D eigenvalue weighted by atomic mass is 10.3. The van der Waals surface area contributed by atoms with Crippen LogP contribution in [0.3, 0.4) is 0 Å². The first-order valence-electron chi connectivity index (χ1n) is 3.61. The molecule has 0 saturated heterocycles. The van der Waals surface area contributed by atoms with Crippen molar-refractivity contribution in [2.45, 2.75) is 0 Å². The first-order chi connectivity index (χ1) is 6.22. The first kappa shape index (κ1) is 9.95. The van der Waals surface area contributed by atoms with Gasteiger partial charge in [0.25, 0.3) is 0 Å². The van der Waals surface area contributed by atoms with Crippen LogP contribution in [0.4, 0.5) is 5.69 Å². The highest BCUT2D eigenvalue weighted by Crippen LogP contribution is 2.35. The van der Waals surface area contributed by atoms with E-state index in [0.717, 1.165) is 0 Å². The van der Waals surface area contributed by atoms with Crippen molar-refractivity contribution in [2.75, 3.05) is 19.6 Å². The lowest BCUT2D eigenvalue weighted by molar-refractivity contribution is 0.395. The first-order valence-corrected chi connectivity index (χ1v) is 3.99. The maximum atomic E-state index is 5.91. The van der Waals surface area contributed by atoms with Gasteiger partial charge in [0.15, 0.2) is 0 Å². The normalized spacial score (nSPS) is 9.54. The molecule has 72 valence electrons. The zero-order valence-electron chi connectivity index (χ0n) is 7.43. The molecule has 0 aliphatic carbocycles. The minimum absolute atomic E-state index is 0.436. The molecule has 0 unspecified atom stereocenters. The molecule has 0 aromatic heterocycles. The minimum Gasteiger partial charge on any atom is -0.497 e. The zero-order chi connectivity index (χ0) is 9.84. The third kappa shape index (κ3) is 1.96. The third-order valence-corrected chi connectivity index (χ3v) is 2.01. The van der Waals surface area contributed by atoms with E-state index in [9.17, 15) is 0 Å². The molecule has 5 heteroatoms. The van der Waals surface area contributed by atoms with E-state index in [4.69, 9.17) is 26.9 Å². The van der Waals surface area contributed by atoms with E-state index >= 15 is 0 Å². The smallest absolute Gasteiger partial charge is 0.143 e. The molecular weight excluding hydrogens is 192 g/mol.